The highest BCUT2D eigenvalue weighted by molar-refractivity contribution is 5.89. The van der Waals surface area contributed by atoms with Crippen LogP contribution in [0, 0.1) is 13.8 Å². The zero-order chi connectivity index (χ0) is 19.3. The van der Waals surface area contributed by atoms with Gasteiger partial charge in [-0.3, -0.25) is 0 Å². The van der Waals surface area contributed by atoms with Gasteiger partial charge in [-0.2, -0.15) is 0 Å². The third-order valence-electron chi connectivity index (χ3n) is 5.48. The lowest BCUT2D eigenvalue weighted by atomic mass is 9.73. The summed E-state index contributed by atoms with van der Waals surface area (Å²) in [4.78, 5) is 12.5. The lowest BCUT2D eigenvalue weighted by molar-refractivity contribution is 0.0500. The third-order valence-corrected chi connectivity index (χ3v) is 5.48. The number of nitrogens with one attached hydrogen (secondary N) is 2. The van der Waals surface area contributed by atoms with E-state index in [-0.39, 0.29) is 11.4 Å². The second kappa shape index (κ2) is 8.44. The predicted molar refractivity (Wildman–Crippen MR) is 108 cm³/mol. The Morgan fingerprint density at radius 1 is 1.11 bits per heavy atom. The van der Waals surface area contributed by atoms with Crippen molar-refractivity contribution in [2.75, 3.05) is 32.2 Å². The van der Waals surface area contributed by atoms with E-state index < -0.39 is 0 Å². The molecule has 3 rings (SSSR count). The SMILES string of the molecule is COc1ccccc1C1(CNC(=O)Nc2ccc(C)c(C)c2)CCOCC1. The predicted octanol–water partition coefficient (Wildman–Crippen LogP) is 4.18. The maximum absolute atomic E-state index is 12.5. The molecule has 0 aliphatic carbocycles. The Labute approximate surface area is 161 Å². The normalized spacial score (nSPS) is 15.8. The van der Waals surface area contributed by atoms with E-state index in [4.69, 9.17) is 9.47 Å². The fourth-order valence-electron chi connectivity index (χ4n) is 3.63. The number of methoxy groups -OCH3 is 1. The number of rotatable bonds is 5. The van der Waals surface area contributed by atoms with Gasteiger partial charge in [0.15, 0.2) is 0 Å². The summed E-state index contributed by atoms with van der Waals surface area (Å²) in [6, 6.07) is 13.8. The number of hydrogen-bond acceptors (Lipinski definition) is 3. The molecule has 5 heteroatoms. The number of aryl methyl sites for hydroxylation is 2. The summed E-state index contributed by atoms with van der Waals surface area (Å²) >= 11 is 0. The highest BCUT2D eigenvalue weighted by Crippen LogP contribution is 2.39. The van der Waals surface area contributed by atoms with Crippen LogP contribution in [-0.4, -0.2) is 32.9 Å². The zero-order valence-electron chi connectivity index (χ0n) is 16.3. The monoisotopic (exact) mass is 368 g/mol. The molecule has 2 N–H and O–H groups in total. The number of amides is 2. The van der Waals surface area contributed by atoms with Crippen molar-refractivity contribution in [2.45, 2.75) is 32.1 Å². The van der Waals surface area contributed by atoms with Gasteiger partial charge < -0.3 is 20.1 Å². The van der Waals surface area contributed by atoms with Crippen LogP contribution in [0.1, 0.15) is 29.5 Å². The molecule has 2 aromatic rings. The highest BCUT2D eigenvalue weighted by atomic mass is 16.5. The quantitative estimate of drug-likeness (QED) is 0.832. The molecule has 1 saturated heterocycles. The Balaban J connectivity index is 1.73. The number of ether oxygens (including phenoxy) is 2. The average molecular weight is 368 g/mol. The maximum atomic E-state index is 12.5. The molecule has 0 bridgehead atoms. The van der Waals surface area contributed by atoms with Crippen LogP contribution in [0.25, 0.3) is 0 Å². The van der Waals surface area contributed by atoms with Crippen molar-refractivity contribution in [3.8, 4) is 5.75 Å². The van der Waals surface area contributed by atoms with E-state index in [1.54, 1.807) is 7.11 Å². The van der Waals surface area contributed by atoms with Crippen LogP contribution in [0.2, 0.25) is 0 Å². The Hall–Kier alpha value is -2.53. The number of anilines is 1. The zero-order valence-corrected chi connectivity index (χ0v) is 16.3. The van der Waals surface area contributed by atoms with Crippen LogP contribution in [-0.2, 0) is 10.2 Å². The largest absolute Gasteiger partial charge is 0.496 e. The first kappa shape index (κ1) is 19.2. The van der Waals surface area contributed by atoms with Crippen LogP contribution >= 0.6 is 0 Å². The Bertz CT molecular complexity index is 798. The highest BCUT2D eigenvalue weighted by Gasteiger charge is 2.37. The molecule has 1 aliphatic rings. The molecule has 27 heavy (non-hydrogen) atoms. The van der Waals surface area contributed by atoms with Gasteiger partial charge in [0.2, 0.25) is 0 Å². The summed E-state index contributed by atoms with van der Waals surface area (Å²) in [6.45, 7) is 5.99. The van der Waals surface area contributed by atoms with Crippen LogP contribution in [0.5, 0.6) is 5.75 Å². The van der Waals surface area contributed by atoms with Crippen molar-refractivity contribution in [1.29, 1.82) is 0 Å². The fourth-order valence-corrected chi connectivity index (χ4v) is 3.63. The smallest absolute Gasteiger partial charge is 0.319 e. The molecule has 0 saturated carbocycles. The molecule has 1 heterocycles. The van der Waals surface area contributed by atoms with Crippen molar-refractivity contribution in [3.05, 3.63) is 59.2 Å². The van der Waals surface area contributed by atoms with Gasteiger partial charge in [-0.05, 0) is 56.0 Å². The summed E-state index contributed by atoms with van der Waals surface area (Å²) in [5, 5.41) is 6.00. The van der Waals surface area contributed by atoms with Gasteiger partial charge in [-0.15, -0.1) is 0 Å². The second-order valence-electron chi connectivity index (χ2n) is 7.20. The van der Waals surface area contributed by atoms with E-state index in [0.717, 1.165) is 35.4 Å². The molecular formula is C22H28N2O3. The minimum atomic E-state index is -0.195. The molecule has 1 fully saturated rings. The molecular weight excluding hydrogens is 340 g/mol. The summed E-state index contributed by atoms with van der Waals surface area (Å²) in [5.41, 5.74) is 4.10. The molecule has 5 nitrogen and oxygen atoms in total. The summed E-state index contributed by atoms with van der Waals surface area (Å²) in [5.74, 6) is 0.857. The molecule has 1 aliphatic heterocycles. The molecule has 0 aromatic heterocycles. The molecule has 144 valence electrons. The van der Waals surface area contributed by atoms with Crippen molar-refractivity contribution in [3.63, 3.8) is 0 Å². The lowest BCUT2D eigenvalue weighted by Gasteiger charge is -2.38. The third kappa shape index (κ3) is 4.42. The van der Waals surface area contributed by atoms with Crippen molar-refractivity contribution >= 4 is 11.7 Å². The van der Waals surface area contributed by atoms with Gasteiger partial charge in [0, 0.05) is 36.4 Å². The van der Waals surface area contributed by atoms with E-state index >= 15 is 0 Å². The Morgan fingerprint density at radius 3 is 2.56 bits per heavy atom. The van der Waals surface area contributed by atoms with Crippen molar-refractivity contribution in [2.24, 2.45) is 0 Å². The van der Waals surface area contributed by atoms with E-state index in [0.29, 0.717) is 19.8 Å². The molecule has 0 spiro atoms. The molecule has 0 radical (unpaired) electrons. The van der Waals surface area contributed by atoms with Gasteiger partial charge in [-0.1, -0.05) is 24.3 Å². The van der Waals surface area contributed by atoms with Crippen LogP contribution in [0.3, 0.4) is 0 Å². The summed E-state index contributed by atoms with van der Waals surface area (Å²) < 4.78 is 11.2. The van der Waals surface area contributed by atoms with Gasteiger partial charge in [0.1, 0.15) is 5.75 Å². The first-order valence-electron chi connectivity index (χ1n) is 9.37. The maximum Gasteiger partial charge on any atom is 0.319 e. The minimum Gasteiger partial charge on any atom is -0.496 e. The Morgan fingerprint density at radius 2 is 1.85 bits per heavy atom. The van der Waals surface area contributed by atoms with Crippen LogP contribution in [0.15, 0.2) is 42.5 Å². The lowest BCUT2D eigenvalue weighted by Crippen LogP contribution is -2.45. The molecule has 2 amide bonds. The molecule has 0 unspecified atom stereocenters. The molecule has 0 atom stereocenters. The van der Waals surface area contributed by atoms with E-state index in [1.165, 1.54) is 5.56 Å². The average Bonchev–Trinajstić information content (AvgIpc) is 2.70. The van der Waals surface area contributed by atoms with Crippen molar-refractivity contribution in [1.82, 2.24) is 5.32 Å². The minimum absolute atomic E-state index is 0.189. The number of carbonyl (C=O) groups excluding carboxylic acids is 1. The van der Waals surface area contributed by atoms with Crippen molar-refractivity contribution < 1.29 is 14.3 Å². The Kier molecular flexibility index (Phi) is 6.01. The van der Waals surface area contributed by atoms with E-state index in [9.17, 15) is 4.79 Å². The fraction of sp³-hybridized carbons (Fsp3) is 0.409. The van der Waals surface area contributed by atoms with Crippen LogP contribution in [0.4, 0.5) is 10.5 Å². The topological polar surface area (TPSA) is 59.6 Å². The van der Waals surface area contributed by atoms with Crippen LogP contribution < -0.4 is 15.4 Å². The van der Waals surface area contributed by atoms with E-state index in [2.05, 4.69) is 23.6 Å². The standard InChI is InChI=1S/C22H28N2O3/c1-16-8-9-18(14-17(16)2)24-21(25)23-15-22(10-12-27-13-11-22)19-6-4-5-7-20(19)26-3/h4-9,14H,10-13,15H2,1-3H3,(H2,23,24,25). The number of carbonyl (C=O) groups is 1. The van der Waals surface area contributed by atoms with E-state index in [1.807, 2.05) is 43.3 Å². The van der Waals surface area contributed by atoms with Gasteiger partial charge in [0.25, 0.3) is 0 Å². The first-order valence-corrected chi connectivity index (χ1v) is 9.37. The summed E-state index contributed by atoms with van der Waals surface area (Å²) in [7, 11) is 1.69. The molecule has 2 aromatic carbocycles. The number of urea groups is 1. The summed E-state index contributed by atoms with van der Waals surface area (Å²) in [6.07, 6.45) is 1.69. The number of hydrogen-bond donors (Lipinski definition) is 2. The number of para-hydroxylation sites is 1. The first-order chi connectivity index (χ1) is 13.0. The number of benzene rings is 2. The van der Waals surface area contributed by atoms with Gasteiger partial charge in [-0.25, -0.2) is 4.79 Å². The second-order valence-corrected chi connectivity index (χ2v) is 7.20. The van der Waals surface area contributed by atoms with Gasteiger partial charge >= 0.3 is 6.03 Å². The van der Waals surface area contributed by atoms with Gasteiger partial charge in [0.05, 0.1) is 7.11 Å².